The standard InChI is InChI=1S/C19H26N4O4S3/c1-4-14-8-6-7-11-23(14)30(25,26)16-12-13(9-10-15(16)27-3)17(24)20-18-21-22-19(29-18)28-5-2/h9-10,12,14H,4-8,11H2,1-3H3,(H,20,21,24)/t14-/m1/s1. The van der Waals surface area contributed by atoms with Crippen molar-refractivity contribution in [1.82, 2.24) is 14.5 Å². The summed E-state index contributed by atoms with van der Waals surface area (Å²) >= 11 is 2.82. The van der Waals surface area contributed by atoms with Crippen LogP contribution >= 0.6 is 23.1 Å². The number of thioether (sulfide) groups is 1. The summed E-state index contributed by atoms with van der Waals surface area (Å²) in [5.41, 5.74) is 0.222. The van der Waals surface area contributed by atoms with Gasteiger partial charge in [0.05, 0.1) is 7.11 Å². The molecule has 11 heteroatoms. The van der Waals surface area contributed by atoms with Crippen LogP contribution in [-0.2, 0) is 10.0 Å². The number of amides is 1. The quantitative estimate of drug-likeness (QED) is 0.462. The van der Waals surface area contributed by atoms with E-state index in [0.29, 0.717) is 11.7 Å². The van der Waals surface area contributed by atoms with Crippen molar-refractivity contribution in [2.24, 2.45) is 0 Å². The number of anilines is 1. The van der Waals surface area contributed by atoms with Crippen LogP contribution in [0.4, 0.5) is 5.13 Å². The van der Waals surface area contributed by atoms with Gasteiger partial charge in [-0.15, -0.1) is 10.2 Å². The van der Waals surface area contributed by atoms with Gasteiger partial charge in [-0.05, 0) is 43.2 Å². The zero-order valence-corrected chi connectivity index (χ0v) is 19.7. The van der Waals surface area contributed by atoms with E-state index in [4.69, 9.17) is 4.74 Å². The molecule has 1 aromatic carbocycles. The second-order valence-electron chi connectivity index (χ2n) is 6.80. The number of rotatable bonds is 8. The lowest BCUT2D eigenvalue weighted by Crippen LogP contribution is -2.43. The van der Waals surface area contributed by atoms with Gasteiger partial charge >= 0.3 is 0 Å². The third kappa shape index (κ3) is 4.96. The second kappa shape index (κ2) is 10.1. The molecule has 1 amide bonds. The highest BCUT2D eigenvalue weighted by Gasteiger charge is 2.34. The summed E-state index contributed by atoms with van der Waals surface area (Å²) in [7, 11) is -2.37. The highest BCUT2D eigenvalue weighted by atomic mass is 32.2. The monoisotopic (exact) mass is 470 g/mol. The summed E-state index contributed by atoms with van der Waals surface area (Å²) in [5.74, 6) is 0.644. The molecule has 1 N–H and O–H groups in total. The number of hydrogen-bond acceptors (Lipinski definition) is 8. The van der Waals surface area contributed by atoms with Crippen LogP contribution in [0.25, 0.3) is 0 Å². The van der Waals surface area contributed by atoms with E-state index in [2.05, 4.69) is 15.5 Å². The number of carbonyl (C=O) groups is 1. The number of benzene rings is 1. The van der Waals surface area contributed by atoms with Gasteiger partial charge in [-0.3, -0.25) is 10.1 Å². The van der Waals surface area contributed by atoms with Crippen molar-refractivity contribution in [2.75, 3.05) is 24.7 Å². The van der Waals surface area contributed by atoms with Gasteiger partial charge in [-0.1, -0.05) is 43.4 Å². The van der Waals surface area contributed by atoms with E-state index in [-0.39, 0.29) is 22.3 Å². The van der Waals surface area contributed by atoms with Gasteiger partial charge in [0.25, 0.3) is 5.91 Å². The van der Waals surface area contributed by atoms with E-state index in [9.17, 15) is 13.2 Å². The van der Waals surface area contributed by atoms with Crippen molar-refractivity contribution in [3.8, 4) is 5.75 Å². The molecule has 0 radical (unpaired) electrons. The fourth-order valence-corrected chi connectivity index (χ4v) is 7.05. The third-order valence-corrected chi connectivity index (χ3v) is 8.78. The van der Waals surface area contributed by atoms with E-state index in [0.717, 1.165) is 35.8 Å². The molecule has 0 spiro atoms. The fourth-order valence-electron chi connectivity index (χ4n) is 3.46. The zero-order valence-electron chi connectivity index (χ0n) is 17.3. The number of ether oxygens (including phenoxy) is 1. The molecule has 0 bridgehead atoms. The molecule has 3 rings (SSSR count). The largest absolute Gasteiger partial charge is 0.495 e. The van der Waals surface area contributed by atoms with Crippen LogP contribution in [0.3, 0.4) is 0 Å². The Bertz CT molecular complexity index is 993. The van der Waals surface area contributed by atoms with E-state index in [1.807, 2.05) is 13.8 Å². The lowest BCUT2D eigenvalue weighted by Gasteiger charge is -2.34. The molecule has 1 atom stereocenters. The van der Waals surface area contributed by atoms with Crippen molar-refractivity contribution in [2.45, 2.75) is 54.8 Å². The molecular formula is C19H26N4O4S3. The Morgan fingerprint density at radius 2 is 2.13 bits per heavy atom. The minimum absolute atomic E-state index is 0.0116. The molecule has 1 aliphatic heterocycles. The first-order valence-electron chi connectivity index (χ1n) is 9.88. The summed E-state index contributed by atoms with van der Waals surface area (Å²) < 4.78 is 34.5. The smallest absolute Gasteiger partial charge is 0.257 e. The van der Waals surface area contributed by atoms with E-state index >= 15 is 0 Å². The summed E-state index contributed by atoms with van der Waals surface area (Å²) in [6.07, 6.45) is 3.43. The van der Waals surface area contributed by atoms with E-state index < -0.39 is 15.9 Å². The molecule has 0 saturated carbocycles. The van der Waals surface area contributed by atoms with Gasteiger partial charge in [-0.2, -0.15) is 4.31 Å². The Kier molecular flexibility index (Phi) is 7.72. The molecular weight excluding hydrogens is 444 g/mol. The Labute approximate surface area is 185 Å². The minimum Gasteiger partial charge on any atom is -0.495 e. The van der Waals surface area contributed by atoms with Crippen LogP contribution in [0.2, 0.25) is 0 Å². The number of carbonyl (C=O) groups excluding carboxylic acids is 1. The fraction of sp³-hybridized carbons (Fsp3) is 0.526. The topological polar surface area (TPSA) is 101 Å². The number of nitrogens with one attached hydrogen (secondary N) is 1. The first-order chi connectivity index (χ1) is 14.4. The molecule has 8 nitrogen and oxygen atoms in total. The Morgan fingerprint density at radius 3 is 2.83 bits per heavy atom. The highest BCUT2D eigenvalue weighted by Crippen LogP contribution is 2.33. The maximum absolute atomic E-state index is 13.4. The molecule has 164 valence electrons. The molecule has 1 aromatic heterocycles. The average Bonchev–Trinajstić information content (AvgIpc) is 3.20. The van der Waals surface area contributed by atoms with Crippen LogP contribution in [-0.4, -0.2) is 54.3 Å². The number of piperidine rings is 1. The Balaban J connectivity index is 1.89. The normalized spacial score (nSPS) is 17.6. The van der Waals surface area contributed by atoms with E-state index in [1.165, 1.54) is 30.6 Å². The molecule has 0 aliphatic carbocycles. The van der Waals surface area contributed by atoms with Crippen LogP contribution < -0.4 is 10.1 Å². The van der Waals surface area contributed by atoms with Gasteiger partial charge in [0, 0.05) is 18.2 Å². The molecule has 2 heterocycles. The first kappa shape index (κ1) is 23.0. The zero-order chi connectivity index (χ0) is 21.7. The van der Waals surface area contributed by atoms with Gasteiger partial charge < -0.3 is 4.74 Å². The van der Waals surface area contributed by atoms with Crippen LogP contribution in [0.15, 0.2) is 27.4 Å². The van der Waals surface area contributed by atoms with Crippen LogP contribution in [0, 0.1) is 0 Å². The predicted molar refractivity (Wildman–Crippen MR) is 119 cm³/mol. The maximum atomic E-state index is 13.4. The predicted octanol–water partition coefficient (Wildman–Crippen LogP) is 3.86. The molecule has 30 heavy (non-hydrogen) atoms. The first-order valence-corrected chi connectivity index (χ1v) is 13.1. The highest BCUT2D eigenvalue weighted by molar-refractivity contribution is 8.01. The Hall–Kier alpha value is -1.69. The van der Waals surface area contributed by atoms with Crippen molar-refractivity contribution >= 4 is 44.2 Å². The second-order valence-corrected chi connectivity index (χ2v) is 11.1. The minimum atomic E-state index is -3.80. The average molecular weight is 471 g/mol. The number of aromatic nitrogens is 2. The SMILES string of the molecule is CCSc1nnc(NC(=O)c2ccc(OC)c(S(=O)(=O)N3CCCC[C@H]3CC)c2)s1. The number of sulfonamides is 1. The van der Waals surface area contributed by atoms with Crippen molar-refractivity contribution in [1.29, 1.82) is 0 Å². The summed E-state index contributed by atoms with van der Waals surface area (Å²) in [5, 5.41) is 11.0. The number of methoxy groups -OCH3 is 1. The van der Waals surface area contributed by atoms with Crippen molar-refractivity contribution in [3.63, 3.8) is 0 Å². The molecule has 1 saturated heterocycles. The molecule has 2 aromatic rings. The maximum Gasteiger partial charge on any atom is 0.257 e. The number of nitrogens with zero attached hydrogens (tertiary/aromatic N) is 3. The summed E-state index contributed by atoms with van der Waals surface area (Å²) in [6.45, 7) is 4.48. The van der Waals surface area contributed by atoms with Gasteiger partial charge in [0.1, 0.15) is 10.6 Å². The van der Waals surface area contributed by atoms with Crippen LogP contribution in [0.5, 0.6) is 5.75 Å². The van der Waals surface area contributed by atoms with Crippen LogP contribution in [0.1, 0.15) is 49.9 Å². The van der Waals surface area contributed by atoms with Crippen molar-refractivity contribution < 1.29 is 17.9 Å². The lowest BCUT2D eigenvalue weighted by atomic mass is 10.0. The van der Waals surface area contributed by atoms with Gasteiger partial charge in [0.15, 0.2) is 4.34 Å². The van der Waals surface area contributed by atoms with Crippen molar-refractivity contribution in [3.05, 3.63) is 23.8 Å². The summed E-state index contributed by atoms with van der Waals surface area (Å²) in [4.78, 5) is 12.7. The lowest BCUT2D eigenvalue weighted by molar-refractivity contribution is 0.102. The Morgan fingerprint density at radius 1 is 1.33 bits per heavy atom. The summed E-state index contributed by atoms with van der Waals surface area (Å²) in [6, 6.07) is 4.41. The molecule has 1 fully saturated rings. The molecule has 0 unspecified atom stereocenters. The van der Waals surface area contributed by atoms with E-state index in [1.54, 1.807) is 22.1 Å². The number of hydrogen-bond donors (Lipinski definition) is 1. The van der Waals surface area contributed by atoms with Gasteiger partial charge in [0.2, 0.25) is 15.2 Å². The third-order valence-electron chi connectivity index (χ3n) is 4.95. The molecule has 1 aliphatic rings. The van der Waals surface area contributed by atoms with Gasteiger partial charge in [-0.25, -0.2) is 8.42 Å².